The van der Waals surface area contributed by atoms with Gasteiger partial charge in [-0.05, 0) is 52.7 Å². The van der Waals surface area contributed by atoms with E-state index >= 15 is 0 Å². The number of hydrogen-bond acceptors (Lipinski definition) is 1. The average molecular weight is 345 g/mol. The number of hydrogen-bond donors (Lipinski definition) is 1. The summed E-state index contributed by atoms with van der Waals surface area (Å²) in [5.74, 6) is -0.0750. The van der Waals surface area contributed by atoms with E-state index in [0.717, 1.165) is 17.3 Å². The Hall–Kier alpha value is -0.540. The molecule has 0 spiro atoms. The van der Waals surface area contributed by atoms with Crippen LogP contribution in [-0.2, 0) is 0 Å². The zero-order valence-corrected chi connectivity index (χ0v) is 13.6. The molecule has 1 saturated carbocycles. The molecule has 0 radical (unpaired) electrons. The van der Waals surface area contributed by atoms with Gasteiger partial charge in [-0.1, -0.05) is 37.9 Å². The van der Waals surface area contributed by atoms with Crippen molar-refractivity contribution in [3.05, 3.63) is 33.3 Å². The van der Waals surface area contributed by atoms with Crippen LogP contribution in [0.15, 0.2) is 22.7 Å². The highest BCUT2D eigenvalue weighted by Gasteiger charge is 2.29. The summed E-state index contributed by atoms with van der Waals surface area (Å²) >= 11 is 9.50. The lowest BCUT2D eigenvalue weighted by Gasteiger charge is -2.35. The Labute approximate surface area is 128 Å². The molecule has 1 unspecified atom stereocenters. The van der Waals surface area contributed by atoms with E-state index in [1.807, 2.05) is 12.1 Å². The molecule has 104 valence electrons. The van der Waals surface area contributed by atoms with Gasteiger partial charge in [0.1, 0.15) is 0 Å². The van der Waals surface area contributed by atoms with Crippen molar-refractivity contribution in [2.75, 3.05) is 0 Å². The second-order valence-corrected chi connectivity index (χ2v) is 7.26. The van der Waals surface area contributed by atoms with Crippen LogP contribution in [0, 0.1) is 5.41 Å². The third-order valence-corrected chi connectivity index (χ3v) is 5.03. The molecule has 1 fully saturated rings. The van der Waals surface area contributed by atoms with Crippen molar-refractivity contribution in [1.82, 2.24) is 5.32 Å². The van der Waals surface area contributed by atoms with Gasteiger partial charge in [0.15, 0.2) is 0 Å². The highest BCUT2D eigenvalue weighted by molar-refractivity contribution is 9.10. The fourth-order valence-corrected chi connectivity index (χ4v) is 3.34. The Morgan fingerprint density at radius 3 is 2.89 bits per heavy atom. The Balaban J connectivity index is 2.07. The predicted molar refractivity (Wildman–Crippen MR) is 82.7 cm³/mol. The van der Waals surface area contributed by atoms with Gasteiger partial charge in [0.2, 0.25) is 0 Å². The first-order valence-electron chi connectivity index (χ1n) is 6.64. The van der Waals surface area contributed by atoms with Gasteiger partial charge in [0.25, 0.3) is 5.91 Å². The van der Waals surface area contributed by atoms with Gasteiger partial charge in [0.05, 0.1) is 10.6 Å². The fraction of sp³-hybridized carbons (Fsp3) is 0.533. The van der Waals surface area contributed by atoms with Gasteiger partial charge < -0.3 is 5.32 Å². The number of rotatable bonds is 2. The van der Waals surface area contributed by atoms with Crippen LogP contribution in [0.2, 0.25) is 5.02 Å². The molecular formula is C15H19BrClNO. The zero-order valence-electron chi connectivity index (χ0n) is 11.3. The van der Waals surface area contributed by atoms with Crippen LogP contribution in [0.5, 0.6) is 0 Å². The minimum absolute atomic E-state index is 0.0750. The third-order valence-electron chi connectivity index (χ3n) is 3.74. The summed E-state index contributed by atoms with van der Waals surface area (Å²) in [5, 5.41) is 3.60. The number of carbonyl (C=O) groups excluding carboxylic acids is 1. The molecule has 2 rings (SSSR count). The number of nitrogens with one attached hydrogen (secondary N) is 1. The molecule has 1 N–H and O–H groups in total. The molecule has 1 amide bonds. The molecule has 2 nitrogen and oxygen atoms in total. The van der Waals surface area contributed by atoms with Crippen LogP contribution in [0.3, 0.4) is 0 Å². The number of carbonyl (C=O) groups is 1. The van der Waals surface area contributed by atoms with Crippen molar-refractivity contribution in [3.63, 3.8) is 0 Å². The van der Waals surface area contributed by atoms with Crippen molar-refractivity contribution in [1.29, 1.82) is 0 Å². The van der Waals surface area contributed by atoms with E-state index in [4.69, 9.17) is 11.6 Å². The quantitative estimate of drug-likeness (QED) is 0.820. The van der Waals surface area contributed by atoms with Gasteiger partial charge in [0, 0.05) is 10.5 Å². The van der Waals surface area contributed by atoms with Crippen molar-refractivity contribution in [2.45, 2.75) is 45.6 Å². The van der Waals surface area contributed by atoms with Crippen molar-refractivity contribution in [3.8, 4) is 0 Å². The smallest absolute Gasteiger partial charge is 0.253 e. The van der Waals surface area contributed by atoms with Crippen LogP contribution in [0.4, 0.5) is 0 Å². The molecule has 0 bridgehead atoms. The summed E-state index contributed by atoms with van der Waals surface area (Å²) < 4.78 is 0.755. The predicted octanol–water partition coefficient (Wildman–Crippen LogP) is 4.80. The fourth-order valence-electron chi connectivity index (χ4n) is 2.76. The summed E-state index contributed by atoms with van der Waals surface area (Å²) in [7, 11) is 0. The van der Waals surface area contributed by atoms with E-state index in [-0.39, 0.29) is 11.9 Å². The maximum Gasteiger partial charge on any atom is 0.253 e. The Morgan fingerprint density at radius 1 is 1.47 bits per heavy atom. The summed E-state index contributed by atoms with van der Waals surface area (Å²) in [4.78, 5) is 12.3. The lowest BCUT2D eigenvalue weighted by atomic mass is 9.75. The Morgan fingerprint density at radius 2 is 2.21 bits per heavy atom. The summed E-state index contributed by atoms with van der Waals surface area (Å²) in [6, 6.07) is 5.68. The minimum atomic E-state index is -0.0750. The molecule has 0 aromatic heterocycles. The maximum absolute atomic E-state index is 12.3. The Kier molecular flexibility index (Phi) is 4.57. The highest BCUT2D eigenvalue weighted by atomic mass is 79.9. The minimum Gasteiger partial charge on any atom is -0.349 e. The van der Waals surface area contributed by atoms with Gasteiger partial charge in [-0.25, -0.2) is 0 Å². The molecular weight excluding hydrogens is 326 g/mol. The largest absolute Gasteiger partial charge is 0.349 e. The SMILES string of the molecule is CC1(C)CCCC(NC(=O)c2cccc(Br)c2Cl)C1. The average Bonchev–Trinajstić information content (AvgIpc) is 2.31. The molecule has 1 aliphatic rings. The van der Waals surface area contributed by atoms with Gasteiger partial charge in [-0.2, -0.15) is 0 Å². The molecule has 19 heavy (non-hydrogen) atoms. The van der Waals surface area contributed by atoms with Crippen molar-refractivity contribution < 1.29 is 4.79 Å². The molecule has 1 atom stereocenters. The Bertz CT molecular complexity index is 487. The molecule has 1 aromatic carbocycles. The topological polar surface area (TPSA) is 29.1 Å². The molecule has 0 heterocycles. The molecule has 4 heteroatoms. The van der Waals surface area contributed by atoms with E-state index in [1.165, 1.54) is 12.8 Å². The molecule has 1 aromatic rings. The van der Waals surface area contributed by atoms with Crippen molar-refractivity contribution in [2.24, 2.45) is 5.41 Å². The third kappa shape index (κ3) is 3.73. The van der Waals surface area contributed by atoms with Crippen molar-refractivity contribution >= 4 is 33.4 Å². The first kappa shape index (κ1) is 14.9. The van der Waals surface area contributed by atoms with Gasteiger partial charge >= 0.3 is 0 Å². The molecule has 0 saturated heterocycles. The van der Waals surface area contributed by atoms with Crippen LogP contribution < -0.4 is 5.32 Å². The second kappa shape index (κ2) is 5.84. The lowest BCUT2D eigenvalue weighted by molar-refractivity contribution is 0.0902. The number of amides is 1. The van der Waals surface area contributed by atoms with Crippen LogP contribution in [0.1, 0.15) is 49.9 Å². The first-order chi connectivity index (χ1) is 8.89. The summed E-state index contributed by atoms with van der Waals surface area (Å²) in [6.45, 7) is 4.52. The van der Waals surface area contributed by atoms with Crippen LogP contribution >= 0.6 is 27.5 Å². The van der Waals surface area contributed by atoms with Gasteiger partial charge in [-0.3, -0.25) is 4.79 Å². The standard InChI is InChI=1S/C15H19BrClNO/c1-15(2)8-4-5-10(9-15)18-14(19)11-6-3-7-12(16)13(11)17/h3,6-7,10H,4-5,8-9H2,1-2H3,(H,18,19). The summed E-state index contributed by atoms with van der Waals surface area (Å²) in [6.07, 6.45) is 4.49. The zero-order chi connectivity index (χ0) is 14.0. The van der Waals surface area contributed by atoms with E-state index in [9.17, 15) is 4.79 Å². The number of benzene rings is 1. The van der Waals surface area contributed by atoms with E-state index in [1.54, 1.807) is 6.07 Å². The normalized spacial score (nSPS) is 22.0. The van der Waals surface area contributed by atoms with Crippen LogP contribution in [-0.4, -0.2) is 11.9 Å². The van der Waals surface area contributed by atoms with Crippen LogP contribution in [0.25, 0.3) is 0 Å². The highest BCUT2D eigenvalue weighted by Crippen LogP contribution is 2.35. The van der Waals surface area contributed by atoms with Gasteiger partial charge in [-0.15, -0.1) is 0 Å². The monoisotopic (exact) mass is 343 g/mol. The second-order valence-electron chi connectivity index (χ2n) is 6.03. The maximum atomic E-state index is 12.3. The van der Waals surface area contributed by atoms with E-state index in [2.05, 4.69) is 35.1 Å². The lowest BCUT2D eigenvalue weighted by Crippen LogP contribution is -2.40. The van der Waals surface area contributed by atoms with E-state index < -0.39 is 0 Å². The number of halogens is 2. The van der Waals surface area contributed by atoms with E-state index in [0.29, 0.717) is 16.0 Å². The first-order valence-corrected chi connectivity index (χ1v) is 7.81. The molecule has 1 aliphatic carbocycles. The molecule has 0 aliphatic heterocycles. The summed E-state index contributed by atoms with van der Waals surface area (Å²) in [5.41, 5.74) is 0.858.